The monoisotopic (exact) mass is 380 g/mol. The van der Waals surface area contributed by atoms with Gasteiger partial charge < -0.3 is 24.8 Å². The number of benzene rings is 1. The number of nitrogens with zero attached hydrogens (tertiary/aromatic N) is 1. The first-order valence-electron chi connectivity index (χ1n) is 9.14. The Morgan fingerprint density at radius 3 is 2.81 bits per heavy atom. The molecular formula is C20H29ClN2O3. The van der Waals surface area contributed by atoms with Crippen molar-refractivity contribution in [2.45, 2.75) is 32.7 Å². The second kappa shape index (κ2) is 11.0. The van der Waals surface area contributed by atoms with Crippen LogP contribution in [0.25, 0.3) is 0 Å². The Labute approximate surface area is 161 Å². The molecule has 0 radical (unpaired) electrons. The van der Waals surface area contributed by atoms with Crippen LogP contribution in [0.3, 0.4) is 0 Å². The average Bonchev–Trinajstić information content (AvgIpc) is 2.66. The molecule has 0 unspecified atom stereocenters. The number of unbranched alkanes of at least 4 members (excludes halogenated alkanes) is 2. The van der Waals surface area contributed by atoms with Crippen molar-refractivity contribution in [2.24, 2.45) is 0 Å². The Hall–Kier alpha value is -1.85. The fourth-order valence-corrected chi connectivity index (χ4v) is 2.94. The van der Waals surface area contributed by atoms with E-state index in [0.717, 1.165) is 36.6 Å². The lowest BCUT2D eigenvalue weighted by Gasteiger charge is -2.24. The SMILES string of the molecule is CCCCCOC1=CCN(Cc2cc(OC)c(NCCO)cc2Cl)C=C1. The first kappa shape index (κ1) is 20.5. The summed E-state index contributed by atoms with van der Waals surface area (Å²) >= 11 is 6.43. The molecule has 0 aliphatic carbocycles. The molecule has 0 bridgehead atoms. The summed E-state index contributed by atoms with van der Waals surface area (Å²) in [5.41, 5.74) is 1.77. The van der Waals surface area contributed by atoms with E-state index in [9.17, 15) is 0 Å². The van der Waals surface area contributed by atoms with Crippen LogP contribution in [0.15, 0.2) is 36.2 Å². The maximum Gasteiger partial charge on any atom is 0.142 e. The van der Waals surface area contributed by atoms with Crippen LogP contribution in [0.2, 0.25) is 5.02 Å². The van der Waals surface area contributed by atoms with Gasteiger partial charge in [0.15, 0.2) is 0 Å². The van der Waals surface area contributed by atoms with Crippen LogP contribution in [-0.4, -0.2) is 43.4 Å². The zero-order chi connectivity index (χ0) is 18.8. The summed E-state index contributed by atoms with van der Waals surface area (Å²) in [6.45, 7) is 4.93. The van der Waals surface area contributed by atoms with Gasteiger partial charge >= 0.3 is 0 Å². The molecule has 2 rings (SSSR count). The summed E-state index contributed by atoms with van der Waals surface area (Å²) in [7, 11) is 1.63. The van der Waals surface area contributed by atoms with Crippen molar-refractivity contribution in [2.75, 3.05) is 38.7 Å². The van der Waals surface area contributed by atoms with Gasteiger partial charge in [-0.05, 0) is 36.3 Å². The Bertz CT molecular complexity index is 632. The van der Waals surface area contributed by atoms with Crippen LogP contribution >= 0.6 is 11.6 Å². The van der Waals surface area contributed by atoms with E-state index in [1.54, 1.807) is 7.11 Å². The molecule has 5 nitrogen and oxygen atoms in total. The second-order valence-electron chi connectivity index (χ2n) is 6.20. The molecule has 6 heteroatoms. The number of halogens is 1. The minimum Gasteiger partial charge on any atom is -0.495 e. The van der Waals surface area contributed by atoms with Gasteiger partial charge in [-0.25, -0.2) is 0 Å². The summed E-state index contributed by atoms with van der Waals surface area (Å²) in [5.74, 6) is 1.65. The molecule has 144 valence electrons. The Kier molecular flexibility index (Phi) is 8.65. The van der Waals surface area contributed by atoms with Crippen molar-refractivity contribution < 1.29 is 14.6 Å². The van der Waals surface area contributed by atoms with Crippen molar-refractivity contribution in [3.05, 3.63) is 46.8 Å². The first-order chi connectivity index (χ1) is 12.7. The third-order valence-electron chi connectivity index (χ3n) is 4.16. The highest BCUT2D eigenvalue weighted by atomic mass is 35.5. The molecule has 1 aromatic rings. The Balaban J connectivity index is 1.93. The number of anilines is 1. The third kappa shape index (κ3) is 6.15. The fraction of sp³-hybridized carbons (Fsp3) is 0.500. The average molecular weight is 381 g/mol. The number of aliphatic hydroxyl groups excluding tert-OH is 1. The number of hydrogen-bond acceptors (Lipinski definition) is 5. The number of methoxy groups -OCH3 is 1. The van der Waals surface area contributed by atoms with E-state index < -0.39 is 0 Å². The molecule has 0 atom stereocenters. The maximum atomic E-state index is 8.97. The molecule has 0 saturated carbocycles. The van der Waals surface area contributed by atoms with Crippen LogP contribution < -0.4 is 10.1 Å². The molecule has 0 fully saturated rings. The van der Waals surface area contributed by atoms with E-state index in [2.05, 4.69) is 23.2 Å². The zero-order valence-corrected chi connectivity index (χ0v) is 16.4. The van der Waals surface area contributed by atoms with Gasteiger partial charge in [0.05, 0.1) is 26.0 Å². The predicted molar refractivity (Wildman–Crippen MR) is 107 cm³/mol. The van der Waals surface area contributed by atoms with Gasteiger partial charge in [0.1, 0.15) is 11.5 Å². The van der Waals surface area contributed by atoms with E-state index in [0.29, 0.717) is 23.9 Å². The van der Waals surface area contributed by atoms with Gasteiger partial charge in [-0.1, -0.05) is 31.4 Å². The number of ether oxygens (including phenoxy) is 2. The third-order valence-corrected chi connectivity index (χ3v) is 4.51. The lowest BCUT2D eigenvalue weighted by molar-refractivity contribution is 0.211. The van der Waals surface area contributed by atoms with Crippen LogP contribution in [0.4, 0.5) is 5.69 Å². The topological polar surface area (TPSA) is 54.0 Å². The molecule has 1 heterocycles. The van der Waals surface area contributed by atoms with Crippen LogP contribution in [0.1, 0.15) is 31.7 Å². The lowest BCUT2D eigenvalue weighted by atomic mass is 10.1. The van der Waals surface area contributed by atoms with E-state index in [1.807, 2.05) is 24.4 Å². The molecule has 26 heavy (non-hydrogen) atoms. The van der Waals surface area contributed by atoms with Crippen molar-refractivity contribution in [1.82, 2.24) is 4.90 Å². The smallest absolute Gasteiger partial charge is 0.142 e. The van der Waals surface area contributed by atoms with Crippen molar-refractivity contribution in [1.29, 1.82) is 0 Å². The van der Waals surface area contributed by atoms with E-state index in [1.165, 1.54) is 12.8 Å². The highest BCUT2D eigenvalue weighted by molar-refractivity contribution is 6.31. The number of allylic oxidation sites excluding steroid dienone is 1. The van der Waals surface area contributed by atoms with Gasteiger partial charge in [-0.2, -0.15) is 0 Å². The summed E-state index contributed by atoms with van der Waals surface area (Å²) in [6.07, 6.45) is 9.62. The normalized spacial score (nSPS) is 13.5. The minimum atomic E-state index is 0.0519. The van der Waals surface area contributed by atoms with E-state index in [-0.39, 0.29) is 6.61 Å². The van der Waals surface area contributed by atoms with Crippen molar-refractivity contribution in [3.63, 3.8) is 0 Å². The number of rotatable bonds is 11. The second-order valence-corrected chi connectivity index (χ2v) is 6.61. The largest absolute Gasteiger partial charge is 0.495 e. The first-order valence-corrected chi connectivity index (χ1v) is 9.52. The minimum absolute atomic E-state index is 0.0519. The van der Waals surface area contributed by atoms with Gasteiger partial charge in [-0.15, -0.1) is 0 Å². The Morgan fingerprint density at radius 2 is 2.15 bits per heavy atom. The molecule has 2 N–H and O–H groups in total. The molecule has 0 spiro atoms. The van der Waals surface area contributed by atoms with E-state index in [4.69, 9.17) is 26.2 Å². The summed E-state index contributed by atoms with van der Waals surface area (Å²) in [6, 6.07) is 3.79. The molecular weight excluding hydrogens is 352 g/mol. The molecule has 0 amide bonds. The molecule has 1 aliphatic rings. The predicted octanol–water partition coefficient (Wildman–Crippen LogP) is 4.17. The van der Waals surface area contributed by atoms with Gasteiger partial charge in [-0.3, -0.25) is 0 Å². The summed E-state index contributed by atoms with van der Waals surface area (Å²) < 4.78 is 11.2. The van der Waals surface area contributed by atoms with Gasteiger partial charge in [0, 0.05) is 30.9 Å². The zero-order valence-electron chi connectivity index (χ0n) is 15.6. The fourth-order valence-electron chi connectivity index (χ4n) is 2.71. The van der Waals surface area contributed by atoms with Crippen molar-refractivity contribution in [3.8, 4) is 5.75 Å². The van der Waals surface area contributed by atoms with Crippen LogP contribution in [0.5, 0.6) is 5.75 Å². The summed E-state index contributed by atoms with van der Waals surface area (Å²) in [5, 5.41) is 12.7. The molecule has 0 saturated heterocycles. The van der Waals surface area contributed by atoms with Gasteiger partial charge in [0.2, 0.25) is 0 Å². The number of nitrogens with one attached hydrogen (secondary N) is 1. The number of hydrogen-bond donors (Lipinski definition) is 2. The molecule has 0 aromatic heterocycles. The Morgan fingerprint density at radius 1 is 1.31 bits per heavy atom. The van der Waals surface area contributed by atoms with Crippen molar-refractivity contribution >= 4 is 17.3 Å². The standard InChI is InChI=1S/C20H29ClN2O3/c1-3-4-5-12-26-17-6-9-23(10-7-17)15-16-13-20(25-2)19(14-18(16)21)22-8-11-24/h6-7,9,13-14,22,24H,3-5,8,10-12,15H2,1-2H3. The van der Waals surface area contributed by atoms with Gasteiger partial charge in [0.25, 0.3) is 0 Å². The lowest BCUT2D eigenvalue weighted by Crippen LogP contribution is -2.20. The highest BCUT2D eigenvalue weighted by Gasteiger charge is 2.13. The quantitative estimate of drug-likeness (QED) is 0.564. The van der Waals surface area contributed by atoms with Crippen LogP contribution in [0, 0.1) is 0 Å². The molecule has 1 aliphatic heterocycles. The number of aliphatic hydroxyl groups is 1. The van der Waals surface area contributed by atoms with Crippen LogP contribution in [-0.2, 0) is 11.3 Å². The highest BCUT2D eigenvalue weighted by Crippen LogP contribution is 2.32. The molecule has 1 aromatic carbocycles. The summed E-state index contributed by atoms with van der Waals surface area (Å²) in [4.78, 5) is 2.17. The maximum absolute atomic E-state index is 8.97. The van der Waals surface area contributed by atoms with E-state index >= 15 is 0 Å².